The lowest BCUT2D eigenvalue weighted by atomic mass is 10.1. The molecule has 0 spiro atoms. The standard InChI is InChI=1S/C14H18ClNO7S/c1-7(2)11(13(17)18)16-24(20,21)10-6-8(15)5-9(12(10)22-3)14(19)23-4/h5-7,11,16H,1-4H3,(H,17,18)/t11-/m1/s1. The molecular weight excluding hydrogens is 362 g/mol. The minimum absolute atomic E-state index is 0.0482. The van der Waals surface area contributed by atoms with Crippen LogP contribution in [0, 0.1) is 5.92 Å². The first kappa shape index (κ1) is 20.2. The summed E-state index contributed by atoms with van der Waals surface area (Å²) in [5, 5.41) is 9.11. The van der Waals surface area contributed by atoms with Crippen LogP contribution in [-0.2, 0) is 19.6 Å². The molecule has 0 heterocycles. The summed E-state index contributed by atoms with van der Waals surface area (Å²) in [7, 11) is -2.04. The van der Waals surface area contributed by atoms with E-state index in [1.807, 2.05) is 0 Å². The Hall–Kier alpha value is -1.84. The molecule has 8 nitrogen and oxygen atoms in total. The maximum Gasteiger partial charge on any atom is 0.341 e. The van der Waals surface area contributed by atoms with Gasteiger partial charge in [0.05, 0.1) is 14.2 Å². The van der Waals surface area contributed by atoms with E-state index in [1.54, 1.807) is 13.8 Å². The highest BCUT2D eigenvalue weighted by atomic mass is 35.5. The number of carbonyl (C=O) groups is 2. The molecule has 24 heavy (non-hydrogen) atoms. The summed E-state index contributed by atoms with van der Waals surface area (Å²) in [6.45, 7) is 3.10. The van der Waals surface area contributed by atoms with Gasteiger partial charge >= 0.3 is 11.9 Å². The van der Waals surface area contributed by atoms with Gasteiger partial charge in [-0.05, 0) is 18.1 Å². The molecule has 1 aromatic carbocycles. The van der Waals surface area contributed by atoms with E-state index in [4.69, 9.17) is 21.4 Å². The van der Waals surface area contributed by atoms with Gasteiger partial charge in [0.25, 0.3) is 0 Å². The Morgan fingerprint density at radius 1 is 1.25 bits per heavy atom. The number of benzene rings is 1. The third-order valence-corrected chi connectivity index (χ3v) is 4.80. The first-order chi connectivity index (χ1) is 11.0. The largest absolute Gasteiger partial charge is 0.494 e. The van der Waals surface area contributed by atoms with Gasteiger partial charge in [0.1, 0.15) is 16.5 Å². The Kier molecular flexibility index (Phi) is 6.58. The van der Waals surface area contributed by atoms with Crippen molar-refractivity contribution in [1.82, 2.24) is 4.72 Å². The Balaban J connectivity index is 3.51. The molecule has 0 amide bonds. The van der Waals surface area contributed by atoms with E-state index < -0.39 is 38.8 Å². The average molecular weight is 380 g/mol. The molecule has 0 saturated heterocycles. The second kappa shape index (κ2) is 7.82. The van der Waals surface area contributed by atoms with Gasteiger partial charge in [-0.15, -0.1) is 0 Å². The maximum absolute atomic E-state index is 12.6. The molecule has 0 aliphatic carbocycles. The van der Waals surface area contributed by atoms with Gasteiger partial charge in [0, 0.05) is 5.02 Å². The molecule has 0 fully saturated rings. The third-order valence-electron chi connectivity index (χ3n) is 3.13. The van der Waals surface area contributed by atoms with Gasteiger partial charge < -0.3 is 14.6 Å². The number of esters is 1. The quantitative estimate of drug-likeness (QED) is 0.689. The van der Waals surface area contributed by atoms with Crippen molar-refractivity contribution in [2.45, 2.75) is 24.8 Å². The van der Waals surface area contributed by atoms with Crippen LogP contribution in [0.3, 0.4) is 0 Å². The monoisotopic (exact) mass is 379 g/mol. The van der Waals surface area contributed by atoms with Gasteiger partial charge in [0.15, 0.2) is 5.75 Å². The molecule has 0 aromatic heterocycles. The summed E-state index contributed by atoms with van der Waals surface area (Å²) in [6, 6.07) is 0.900. The van der Waals surface area contributed by atoms with Gasteiger partial charge in [-0.25, -0.2) is 13.2 Å². The first-order valence-electron chi connectivity index (χ1n) is 6.76. The fourth-order valence-corrected chi connectivity index (χ4v) is 3.78. The zero-order valence-corrected chi connectivity index (χ0v) is 15.1. The SMILES string of the molecule is COC(=O)c1cc(Cl)cc(S(=O)(=O)N[C@@H](C(=O)O)C(C)C)c1OC. The van der Waals surface area contributed by atoms with Crippen LogP contribution < -0.4 is 9.46 Å². The lowest BCUT2D eigenvalue weighted by Gasteiger charge is -2.20. The average Bonchev–Trinajstić information content (AvgIpc) is 2.50. The van der Waals surface area contributed by atoms with E-state index in [1.165, 1.54) is 13.2 Å². The summed E-state index contributed by atoms with van der Waals surface area (Å²) in [4.78, 5) is 22.6. The van der Waals surface area contributed by atoms with Crippen molar-refractivity contribution in [1.29, 1.82) is 0 Å². The second-order valence-corrected chi connectivity index (χ2v) is 7.28. The van der Waals surface area contributed by atoms with Gasteiger partial charge in [-0.1, -0.05) is 25.4 Å². The normalized spacial score (nSPS) is 12.8. The molecule has 1 aromatic rings. The van der Waals surface area contributed by atoms with Crippen LogP contribution in [0.2, 0.25) is 5.02 Å². The second-order valence-electron chi connectivity index (χ2n) is 5.16. The van der Waals surface area contributed by atoms with Crippen molar-refractivity contribution in [2.24, 2.45) is 5.92 Å². The fraction of sp³-hybridized carbons (Fsp3) is 0.429. The lowest BCUT2D eigenvalue weighted by Crippen LogP contribution is -2.44. The number of hydrogen-bond donors (Lipinski definition) is 2. The van der Waals surface area contributed by atoms with Crippen molar-refractivity contribution in [3.05, 3.63) is 22.7 Å². The van der Waals surface area contributed by atoms with Crippen LogP contribution in [-0.4, -0.2) is 45.7 Å². The zero-order chi connectivity index (χ0) is 18.7. The van der Waals surface area contributed by atoms with E-state index in [0.29, 0.717) is 0 Å². The number of carbonyl (C=O) groups excluding carboxylic acids is 1. The molecule has 0 saturated carbocycles. The van der Waals surface area contributed by atoms with E-state index in [9.17, 15) is 18.0 Å². The number of hydrogen-bond acceptors (Lipinski definition) is 6. The van der Waals surface area contributed by atoms with Crippen LogP contribution >= 0.6 is 11.6 Å². The Labute approximate surface area is 144 Å². The molecule has 0 bridgehead atoms. The van der Waals surface area contributed by atoms with E-state index in [2.05, 4.69) is 9.46 Å². The fourth-order valence-electron chi connectivity index (χ4n) is 1.94. The maximum atomic E-state index is 12.6. The number of nitrogens with one attached hydrogen (secondary N) is 1. The number of halogens is 1. The molecule has 0 radical (unpaired) electrons. The van der Waals surface area contributed by atoms with Crippen molar-refractivity contribution >= 4 is 33.6 Å². The Morgan fingerprint density at radius 2 is 1.83 bits per heavy atom. The van der Waals surface area contributed by atoms with Crippen LogP contribution in [0.1, 0.15) is 24.2 Å². The van der Waals surface area contributed by atoms with Crippen LogP contribution in [0.15, 0.2) is 17.0 Å². The molecule has 0 aliphatic rings. The molecule has 1 atom stereocenters. The van der Waals surface area contributed by atoms with Gasteiger partial charge in [-0.2, -0.15) is 4.72 Å². The highest BCUT2D eigenvalue weighted by molar-refractivity contribution is 7.89. The Morgan fingerprint density at radius 3 is 2.25 bits per heavy atom. The number of ether oxygens (including phenoxy) is 2. The Bertz CT molecular complexity index is 746. The summed E-state index contributed by atoms with van der Waals surface area (Å²) < 4.78 is 36.8. The minimum Gasteiger partial charge on any atom is -0.494 e. The number of aliphatic carboxylic acids is 1. The number of sulfonamides is 1. The summed E-state index contributed by atoms with van der Waals surface area (Å²) in [6.07, 6.45) is 0. The van der Waals surface area contributed by atoms with Crippen LogP contribution in [0.4, 0.5) is 0 Å². The van der Waals surface area contributed by atoms with E-state index >= 15 is 0 Å². The highest BCUT2D eigenvalue weighted by Gasteiger charge is 2.32. The molecule has 0 unspecified atom stereocenters. The van der Waals surface area contributed by atoms with Crippen molar-refractivity contribution in [2.75, 3.05) is 14.2 Å². The lowest BCUT2D eigenvalue weighted by molar-refractivity contribution is -0.140. The smallest absolute Gasteiger partial charge is 0.341 e. The van der Waals surface area contributed by atoms with Gasteiger partial charge in [-0.3, -0.25) is 4.79 Å². The predicted molar refractivity (Wildman–Crippen MR) is 85.9 cm³/mol. The number of carboxylic acids is 1. The van der Waals surface area contributed by atoms with Crippen molar-refractivity contribution in [3.8, 4) is 5.75 Å². The third kappa shape index (κ3) is 4.37. The molecule has 2 N–H and O–H groups in total. The molecule has 134 valence electrons. The number of rotatable bonds is 7. The van der Waals surface area contributed by atoms with Crippen LogP contribution in [0.25, 0.3) is 0 Å². The summed E-state index contributed by atoms with van der Waals surface area (Å²) >= 11 is 5.88. The van der Waals surface area contributed by atoms with Gasteiger partial charge in [0.2, 0.25) is 10.0 Å². The summed E-state index contributed by atoms with van der Waals surface area (Å²) in [5.41, 5.74) is -0.190. The van der Waals surface area contributed by atoms with Crippen molar-refractivity contribution < 1.29 is 32.6 Å². The zero-order valence-electron chi connectivity index (χ0n) is 13.5. The molecular formula is C14H18ClNO7S. The predicted octanol–water partition coefficient (Wildman–Crippen LogP) is 1.52. The number of methoxy groups -OCH3 is 2. The first-order valence-corrected chi connectivity index (χ1v) is 8.62. The molecule has 0 aliphatic heterocycles. The highest BCUT2D eigenvalue weighted by Crippen LogP contribution is 2.32. The minimum atomic E-state index is -4.33. The van der Waals surface area contributed by atoms with Crippen LogP contribution in [0.5, 0.6) is 5.75 Å². The van der Waals surface area contributed by atoms with E-state index in [0.717, 1.165) is 13.2 Å². The van der Waals surface area contributed by atoms with Crippen molar-refractivity contribution in [3.63, 3.8) is 0 Å². The number of carboxylic acid groups (broad SMARTS) is 1. The summed E-state index contributed by atoms with van der Waals surface area (Å²) in [5.74, 6) is -2.97. The molecule has 1 rings (SSSR count). The topological polar surface area (TPSA) is 119 Å². The van der Waals surface area contributed by atoms with E-state index in [-0.39, 0.29) is 16.3 Å². The molecule has 10 heteroatoms.